The van der Waals surface area contributed by atoms with E-state index >= 15 is 0 Å². The Hall–Kier alpha value is -5.98. The summed E-state index contributed by atoms with van der Waals surface area (Å²) in [4.78, 5) is 0. The Morgan fingerprint density at radius 1 is 0.333 bits per heavy atom. The van der Waals surface area contributed by atoms with E-state index in [0.29, 0.717) is 11.8 Å². The van der Waals surface area contributed by atoms with E-state index in [2.05, 4.69) is 182 Å². The second-order valence-electron chi connectivity index (χ2n) is 13.1. The highest BCUT2D eigenvalue weighted by Gasteiger charge is 2.27. The first-order valence-corrected chi connectivity index (χ1v) is 17.0. The number of benzene rings is 8. The zero-order valence-electron chi connectivity index (χ0n) is 26.5. The van der Waals surface area contributed by atoms with Gasteiger partial charge in [-0.05, 0) is 93.3 Å². The zero-order valence-corrected chi connectivity index (χ0v) is 26.5. The molecule has 0 heterocycles. The van der Waals surface area contributed by atoms with Crippen LogP contribution in [0.25, 0.3) is 81.7 Å². The van der Waals surface area contributed by atoms with Crippen LogP contribution in [0, 0.1) is 11.8 Å². The van der Waals surface area contributed by atoms with Crippen LogP contribution in [0.1, 0.15) is 5.56 Å². The van der Waals surface area contributed by atoms with E-state index in [0.717, 1.165) is 0 Å². The molecule has 0 heteroatoms. The van der Waals surface area contributed by atoms with Crippen LogP contribution in [0.15, 0.2) is 182 Å². The van der Waals surface area contributed by atoms with E-state index in [1.807, 2.05) is 0 Å². The Kier molecular flexibility index (Phi) is 6.11. The Morgan fingerprint density at radius 2 is 0.812 bits per heavy atom. The van der Waals surface area contributed by atoms with E-state index < -0.39 is 0 Å². The SMILES string of the molecule is C1=CC2C=CC=C(c3c4ccccc4c(-c4ccc(-c5cc6ccccc6c6ccccc56)c5ccccc45)c4ccccc34)C2C=C1. The summed E-state index contributed by atoms with van der Waals surface area (Å²) in [6.45, 7) is 0. The molecule has 48 heavy (non-hydrogen) atoms. The molecule has 0 nitrogen and oxygen atoms in total. The fraction of sp³-hybridized carbons (Fsp3) is 0.0417. The molecule has 0 aromatic heterocycles. The fourth-order valence-corrected chi connectivity index (χ4v) is 8.53. The van der Waals surface area contributed by atoms with Gasteiger partial charge in [0.15, 0.2) is 0 Å². The fourth-order valence-electron chi connectivity index (χ4n) is 8.53. The summed E-state index contributed by atoms with van der Waals surface area (Å²) in [6, 6.07) is 51.8. The van der Waals surface area contributed by atoms with Crippen molar-refractivity contribution in [1.29, 1.82) is 0 Å². The molecule has 0 spiro atoms. The van der Waals surface area contributed by atoms with E-state index in [1.165, 1.54) is 87.3 Å². The van der Waals surface area contributed by atoms with Crippen LogP contribution in [0.2, 0.25) is 0 Å². The van der Waals surface area contributed by atoms with Crippen LogP contribution in [0.5, 0.6) is 0 Å². The molecule has 2 aliphatic rings. The summed E-state index contributed by atoms with van der Waals surface area (Å²) in [5, 5.41) is 12.9. The van der Waals surface area contributed by atoms with E-state index in [1.54, 1.807) is 0 Å². The summed E-state index contributed by atoms with van der Waals surface area (Å²) in [5.74, 6) is 0.712. The van der Waals surface area contributed by atoms with Crippen molar-refractivity contribution in [2.24, 2.45) is 11.8 Å². The molecule has 0 fully saturated rings. The number of hydrogen-bond donors (Lipinski definition) is 0. The number of allylic oxidation sites excluding steroid dienone is 8. The molecule has 0 radical (unpaired) electrons. The molecule has 0 N–H and O–H groups in total. The summed E-state index contributed by atoms with van der Waals surface area (Å²) in [5.41, 5.74) is 7.87. The first-order chi connectivity index (χ1) is 23.8. The Bertz CT molecular complexity index is 2670. The van der Waals surface area contributed by atoms with Gasteiger partial charge in [0.05, 0.1) is 0 Å². The molecule has 8 aromatic carbocycles. The van der Waals surface area contributed by atoms with Gasteiger partial charge in [-0.15, -0.1) is 0 Å². The van der Waals surface area contributed by atoms with Crippen molar-refractivity contribution < 1.29 is 0 Å². The molecule has 10 rings (SSSR count). The highest BCUT2D eigenvalue weighted by atomic mass is 14.3. The molecule has 2 aliphatic carbocycles. The van der Waals surface area contributed by atoms with E-state index in [4.69, 9.17) is 0 Å². The van der Waals surface area contributed by atoms with Gasteiger partial charge in [-0.1, -0.05) is 176 Å². The molecule has 224 valence electrons. The molecule has 2 atom stereocenters. The first kappa shape index (κ1) is 27.2. The largest absolute Gasteiger partial charge is 0.0767 e. The van der Waals surface area contributed by atoms with Gasteiger partial charge in [-0.2, -0.15) is 0 Å². The van der Waals surface area contributed by atoms with Crippen LogP contribution in [0.4, 0.5) is 0 Å². The van der Waals surface area contributed by atoms with Crippen molar-refractivity contribution in [1.82, 2.24) is 0 Å². The normalized spacial score (nSPS) is 17.0. The second-order valence-corrected chi connectivity index (χ2v) is 13.1. The smallest absolute Gasteiger partial charge is 0.0125 e. The maximum Gasteiger partial charge on any atom is 0.0125 e. The maximum atomic E-state index is 2.38. The van der Waals surface area contributed by atoms with Crippen LogP contribution >= 0.6 is 0 Å². The van der Waals surface area contributed by atoms with Gasteiger partial charge in [-0.25, -0.2) is 0 Å². The predicted octanol–water partition coefficient (Wildman–Crippen LogP) is 13.1. The quantitative estimate of drug-likeness (QED) is 0.138. The van der Waals surface area contributed by atoms with Crippen molar-refractivity contribution in [3.8, 4) is 22.3 Å². The Morgan fingerprint density at radius 3 is 1.50 bits per heavy atom. The van der Waals surface area contributed by atoms with Crippen LogP contribution in [0.3, 0.4) is 0 Å². The molecule has 0 saturated carbocycles. The van der Waals surface area contributed by atoms with Gasteiger partial charge < -0.3 is 0 Å². The van der Waals surface area contributed by atoms with E-state index in [9.17, 15) is 0 Å². The third-order valence-electron chi connectivity index (χ3n) is 10.6. The van der Waals surface area contributed by atoms with E-state index in [-0.39, 0.29) is 0 Å². The first-order valence-electron chi connectivity index (χ1n) is 17.0. The molecule has 8 aromatic rings. The van der Waals surface area contributed by atoms with Gasteiger partial charge in [0.25, 0.3) is 0 Å². The summed E-state index contributed by atoms with van der Waals surface area (Å²) in [7, 11) is 0. The number of hydrogen-bond acceptors (Lipinski definition) is 0. The van der Waals surface area contributed by atoms with Crippen molar-refractivity contribution in [2.45, 2.75) is 0 Å². The van der Waals surface area contributed by atoms with Gasteiger partial charge >= 0.3 is 0 Å². The zero-order chi connectivity index (χ0) is 31.6. The number of fused-ring (bicyclic) bond motifs is 7. The van der Waals surface area contributed by atoms with Gasteiger partial charge in [0.2, 0.25) is 0 Å². The molecule has 0 amide bonds. The van der Waals surface area contributed by atoms with Crippen molar-refractivity contribution >= 4 is 59.4 Å². The summed E-state index contributed by atoms with van der Waals surface area (Å²) in [6.07, 6.45) is 16.0. The molecule has 0 aliphatic heterocycles. The molecular weight excluding hydrogens is 577 g/mol. The van der Waals surface area contributed by atoms with Crippen molar-refractivity contribution in [3.63, 3.8) is 0 Å². The third-order valence-corrected chi connectivity index (χ3v) is 10.6. The predicted molar refractivity (Wildman–Crippen MR) is 207 cm³/mol. The standard InChI is InChI=1S/C48H32/c1-3-17-33-31(14-1)16-13-27-40(33)47-41-23-9-11-25-43(41)48(44-26-12-10-24-42(44)47)45-29-28-39(36-20-6-7-21-37(36)45)46-30-32-15-2-4-18-34(32)35-19-5-8-22-38(35)46/h1-31,33H. The molecular formula is C48H32. The van der Waals surface area contributed by atoms with Crippen molar-refractivity contribution in [2.75, 3.05) is 0 Å². The average molecular weight is 609 g/mol. The Balaban J connectivity index is 1.27. The minimum atomic E-state index is 0.328. The lowest BCUT2D eigenvalue weighted by molar-refractivity contribution is 0.679. The topological polar surface area (TPSA) is 0 Å². The van der Waals surface area contributed by atoms with Gasteiger partial charge in [0, 0.05) is 11.8 Å². The number of rotatable bonds is 3. The minimum Gasteiger partial charge on any atom is -0.0767 e. The highest BCUT2D eigenvalue weighted by molar-refractivity contribution is 6.23. The lowest BCUT2D eigenvalue weighted by Gasteiger charge is -2.29. The maximum absolute atomic E-state index is 2.38. The molecule has 0 saturated heterocycles. The monoisotopic (exact) mass is 608 g/mol. The van der Waals surface area contributed by atoms with Gasteiger partial charge in [-0.3, -0.25) is 0 Å². The summed E-state index contributed by atoms with van der Waals surface area (Å²) < 4.78 is 0. The Labute approximate surface area is 280 Å². The minimum absolute atomic E-state index is 0.328. The van der Waals surface area contributed by atoms with Crippen molar-refractivity contribution in [3.05, 3.63) is 188 Å². The average Bonchev–Trinajstić information content (AvgIpc) is 3.16. The molecule has 2 unspecified atom stereocenters. The highest BCUT2D eigenvalue weighted by Crippen LogP contribution is 2.49. The third kappa shape index (κ3) is 4.03. The summed E-state index contributed by atoms with van der Waals surface area (Å²) >= 11 is 0. The van der Waals surface area contributed by atoms with Crippen LogP contribution < -0.4 is 0 Å². The lowest BCUT2D eigenvalue weighted by atomic mass is 9.74. The van der Waals surface area contributed by atoms with Gasteiger partial charge in [0.1, 0.15) is 0 Å². The molecule has 0 bridgehead atoms. The van der Waals surface area contributed by atoms with Crippen LogP contribution in [-0.2, 0) is 0 Å². The second kappa shape index (κ2) is 10.8. The lowest BCUT2D eigenvalue weighted by Crippen LogP contribution is -2.15. The van der Waals surface area contributed by atoms with Crippen LogP contribution in [-0.4, -0.2) is 0 Å².